The van der Waals surface area contributed by atoms with E-state index in [-0.39, 0.29) is 12.1 Å². The van der Waals surface area contributed by atoms with Gasteiger partial charge in [-0.05, 0) is 12.5 Å². The van der Waals surface area contributed by atoms with Gasteiger partial charge in [-0.25, -0.2) is 13.4 Å². The van der Waals surface area contributed by atoms with Crippen LogP contribution in [0.2, 0.25) is 5.15 Å². The van der Waals surface area contributed by atoms with Gasteiger partial charge in [0, 0.05) is 10.7 Å². The second-order valence-corrected chi connectivity index (χ2v) is 5.95. The van der Waals surface area contributed by atoms with E-state index >= 15 is 0 Å². The Bertz CT molecular complexity index is 542. The van der Waals surface area contributed by atoms with Crippen LogP contribution in [0.3, 0.4) is 0 Å². The summed E-state index contributed by atoms with van der Waals surface area (Å²) < 4.78 is 59.7. The standard InChI is InChI=1S/C8H6Cl2F3NO2S/c1-2-5-6(17(10,15)16)3-4(7(9)14-5)8(11,12)13/h3H,2H2,1H3. The molecule has 0 N–H and O–H groups in total. The maximum atomic E-state index is 12.5. The molecule has 1 aromatic heterocycles. The Morgan fingerprint density at radius 1 is 1.41 bits per heavy atom. The van der Waals surface area contributed by atoms with Crippen LogP contribution in [-0.2, 0) is 21.6 Å². The van der Waals surface area contributed by atoms with E-state index in [2.05, 4.69) is 4.98 Å². The second-order valence-electron chi connectivity index (χ2n) is 3.06. The van der Waals surface area contributed by atoms with Crippen molar-refractivity contribution >= 4 is 31.3 Å². The van der Waals surface area contributed by atoms with Gasteiger partial charge in [0.15, 0.2) is 0 Å². The van der Waals surface area contributed by atoms with E-state index < -0.39 is 30.8 Å². The predicted molar refractivity (Wildman–Crippen MR) is 56.7 cm³/mol. The fraction of sp³-hybridized carbons (Fsp3) is 0.375. The number of hydrogen-bond donors (Lipinski definition) is 0. The van der Waals surface area contributed by atoms with Gasteiger partial charge in [0.1, 0.15) is 10.0 Å². The van der Waals surface area contributed by atoms with E-state index in [1.165, 1.54) is 6.92 Å². The van der Waals surface area contributed by atoms with Gasteiger partial charge in [-0.2, -0.15) is 13.2 Å². The lowest BCUT2D eigenvalue weighted by Gasteiger charge is -2.11. The van der Waals surface area contributed by atoms with Gasteiger partial charge in [-0.15, -0.1) is 0 Å². The average Bonchev–Trinajstić information content (AvgIpc) is 2.13. The quantitative estimate of drug-likeness (QED) is 0.622. The van der Waals surface area contributed by atoms with Gasteiger partial charge < -0.3 is 0 Å². The summed E-state index contributed by atoms with van der Waals surface area (Å²) in [5, 5.41) is -0.793. The monoisotopic (exact) mass is 307 g/mol. The van der Waals surface area contributed by atoms with Crippen molar-refractivity contribution in [2.45, 2.75) is 24.4 Å². The first kappa shape index (κ1) is 14.5. The lowest BCUT2D eigenvalue weighted by atomic mass is 10.2. The lowest BCUT2D eigenvalue weighted by Crippen LogP contribution is -2.11. The second kappa shape index (κ2) is 4.62. The summed E-state index contributed by atoms with van der Waals surface area (Å²) in [4.78, 5) is 2.74. The topological polar surface area (TPSA) is 47.0 Å². The van der Waals surface area contributed by atoms with Crippen molar-refractivity contribution in [2.24, 2.45) is 0 Å². The molecule has 0 saturated carbocycles. The van der Waals surface area contributed by atoms with Crippen molar-refractivity contribution in [1.29, 1.82) is 0 Å². The molecule has 0 radical (unpaired) electrons. The highest BCUT2D eigenvalue weighted by atomic mass is 35.7. The molecule has 0 spiro atoms. The van der Waals surface area contributed by atoms with E-state index in [9.17, 15) is 21.6 Å². The first-order valence-corrected chi connectivity index (χ1v) is 6.97. The molecule has 1 rings (SSSR count). The van der Waals surface area contributed by atoms with Crippen LogP contribution in [0.4, 0.5) is 13.2 Å². The zero-order valence-corrected chi connectivity index (χ0v) is 10.7. The third kappa shape index (κ3) is 3.23. The molecule has 0 bridgehead atoms. The number of pyridine rings is 1. The molecule has 0 fully saturated rings. The SMILES string of the molecule is CCc1nc(Cl)c(C(F)(F)F)cc1S(=O)(=O)Cl. The minimum atomic E-state index is -4.79. The molecule has 0 aliphatic carbocycles. The molecule has 0 amide bonds. The van der Waals surface area contributed by atoms with Crippen LogP contribution in [0, 0.1) is 0 Å². The number of halogens is 5. The molecule has 0 unspecified atom stereocenters. The molecular weight excluding hydrogens is 302 g/mol. The van der Waals surface area contributed by atoms with Crippen molar-refractivity contribution in [3.8, 4) is 0 Å². The highest BCUT2D eigenvalue weighted by molar-refractivity contribution is 8.13. The van der Waals surface area contributed by atoms with E-state index in [4.69, 9.17) is 22.3 Å². The summed E-state index contributed by atoms with van der Waals surface area (Å²) in [6.07, 6.45) is -4.69. The molecule has 3 nitrogen and oxygen atoms in total. The Kier molecular flexibility index (Phi) is 3.95. The smallest absolute Gasteiger partial charge is 0.239 e. The Hall–Kier alpha value is -0.530. The number of aryl methyl sites for hydroxylation is 1. The molecule has 1 heterocycles. The summed E-state index contributed by atoms with van der Waals surface area (Å²) in [5.74, 6) is 0. The first-order valence-electron chi connectivity index (χ1n) is 4.28. The number of nitrogens with zero attached hydrogens (tertiary/aromatic N) is 1. The summed E-state index contributed by atoms with van der Waals surface area (Å²) in [6, 6.07) is 0.399. The molecular formula is C8H6Cl2F3NO2S. The van der Waals surface area contributed by atoms with Crippen molar-refractivity contribution in [1.82, 2.24) is 4.98 Å². The molecule has 0 aromatic carbocycles. The summed E-state index contributed by atoms with van der Waals surface area (Å²) >= 11 is 5.35. The van der Waals surface area contributed by atoms with Gasteiger partial charge >= 0.3 is 6.18 Å². The number of aromatic nitrogens is 1. The predicted octanol–water partition coefficient (Wildman–Crippen LogP) is 3.24. The highest BCUT2D eigenvalue weighted by Crippen LogP contribution is 2.36. The van der Waals surface area contributed by atoms with Crippen LogP contribution in [0.25, 0.3) is 0 Å². The molecule has 0 aliphatic heterocycles. The summed E-state index contributed by atoms with van der Waals surface area (Å²) in [6.45, 7) is 1.53. The highest BCUT2D eigenvalue weighted by Gasteiger charge is 2.36. The van der Waals surface area contributed by atoms with Gasteiger partial charge in [0.05, 0.1) is 11.3 Å². The number of rotatable bonds is 2. The average molecular weight is 308 g/mol. The van der Waals surface area contributed by atoms with Crippen LogP contribution in [0.15, 0.2) is 11.0 Å². The van der Waals surface area contributed by atoms with Gasteiger partial charge in [-0.3, -0.25) is 0 Å². The maximum absolute atomic E-state index is 12.5. The van der Waals surface area contributed by atoms with Crippen LogP contribution in [-0.4, -0.2) is 13.4 Å². The van der Waals surface area contributed by atoms with E-state index in [0.29, 0.717) is 6.07 Å². The fourth-order valence-corrected chi connectivity index (χ4v) is 2.57. The van der Waals surface area contributed by atoms with Crippen molar-refractivity contribution in [3.05, 3.63) is 22.5 Å². The molecule has 0 saturated heterocycles. The maximum Gasteiger partial charge on any atom is 0.419 e. The Labute approximate surface area is 105 Å². The summed E-state index contributed by atoms with van der Waals surface area (Å²) in [5.41, 5.74) is -1.42. The number of alkyl halides is 3. The normalized spacial score (nSPS) is 12.8. The first-order chi connectivity index (χ1) is 7.57. The molecule has 0 atom stereocenters. The minimum absolute atomic E-state index is 0.0964. The largest absolute Gasteiger partial charge is 0.419 e. The third-order valence-corrected chi connectivity index (χ3v) is 3.58. The fourth-order valence-electron chi connectivity index (χ4n) is 1.17. The summed E-state index contributed by atoms with van der Waals surface area (Å²) in [7, 11) is 0.745. The van der Waals surface area contributed by atoms with Crippen molar-refractivity contribution in [2.75, 3.05) is 0 Å². The van der Waals surface area contributed by atoms with Crippen LogP contribution in [0.1, 0.15) is 18.2 Å². The van der Waals surface area contributed by atoms with Crippen molar-refractivity contribution in [3.63, 3.8) is 0 Å². The van der Waals surface area contributed by atoms with Crippen LogP contribution < -0.4 is 0 Å². The van der Waals surface area contributed by atoms with Crippen LogP contribution >= 0.6 is 22.3 Å². The Balaban J connectivity index is 3.61. The van der Waals surface area contributed by atoms with Crippen LogP contribution in [0.5, 0.6) is 0 Å². The van der Waals surface area contributed by atoms with Gasteiger partial charge in [0.2, 0.25) is 0 Å². The minimum Gasteiger partial charge on any atom is -0.239 e. The molecule has 0 aliphatic rings. The van der Waals surface area contributed by atoms with Crippen molar-refractivity contribution < 1.29 is 21.6 Å². The van der Waals surface area contributed by atoms with E-state index in [1.807, 2.05) is 0 Å². The van der Waals surface area contributed by atoms with Gasteiger partial charge in [0.25, 0.3) is 9.05 Å². The number of hydrogen-bond acceptors (Lipinski definition) is 3. The Morgan fingerprint density at radius 3 is 2.29 bits per heavy atom. The third-order valence-electron chi connectivity index (χ3n) is 1.92. The van der Waals surface area contributed by atoms with E-state index in [1.54, 1.807) is 0 Å². The zero-order valence-electron chi connectivity index (χ0n) is 8.35. The molecule has 1 aromatic rings. The molecule has 9 heteroatoms. The van der Waals surface area contributed by atoms with E-state index in [0.717, 1.165) is 0 Å². The lowest BCUT2D eigenvalue weighted by molar-refractivity contribution is -0.137. The molecule has 96 valence electrons. The zero-order chi connectivity index (χ0) is 13.4. The van der Waals surface area contributed by atoms with Gasteiger partial charge in [-0.1, -0.05) is 18.5 Å². The molecule has 17 heavy (non-hydrogen) atoms. The Morgan fingerprint density at radius 2 is 1.94 bits per heavy atom.